The van der Waals surface area contributed by atoms with Crippen molar-refractivity contribution in [1.82, 2.24) is 41.5 Å². The molecule has 0 saturated carbocycles. The van der Waals surface area contributed by atoms with Crippen LogP contribution in [0.15, 0.2) is 77.3 Å². The fourth-order valence-corrected chi connectivity index (χ4v) is 10.7. The maximum Gasteiger partial charge on any atom is 0.446 e. The van der Waals surface area contributed by atoms with Gasteiger partial charge < -0.3 is 102 Å². The second kappa shape index (κ2) is 29.3. The van der Waals surface area contributed by atoms with E-state index in [0.29, 0.717) is 56.9 Å². The first-order valence-electron chi connectivity index (χ1n) is 28.1. The Balaban J connectivity index is 1.22. The van der Waals surface area contributed by atoms with Crippen molar-refractivity contribution < 1.29 is 111 Å². The molecule has 89 heavy (non-hydrogen) atoms. The zero-order valence-electron chi connectivity index (χ0n) is 48.1. The summed E-state index contributed by atoms with van der Waals surface area (Å²) >= 11 is 0. The van der Waals surface area contributed by atoms with Crippen LogP contribution in [0.3, 0.4) is 0 Å². The van der Waals surface area contributed by atoms with Gasteiger partial charge in [0.05, 0.1) is 37.4 Å². The molecule has 3 aliphatic rings. The number of hydrogen-bond acceptors (Lipinski definition) is 23. The zero-order valence-corrected chi connectivity index (χ0v) is 48.9. The van der Waals surface area contributed by atoms with Crippen LogP contribution in [0.2, 0.25) is 0 Å². The number of amides is 8. The fourth-order valence-electron chi connectivity index (χ4n) is 10.3. The van der Waals surface area contributed by atoms with Crippen LogP contribution >= 0.6 is 0 Å². The summed E-state index contributed by atoms with van der Waals surface area (Å²) in [7, 11) is -5.35. The Labute approximate surface area is 507 Å². The van der Waals surface area contributed by atoms with Crippen molar-refractivity contribution in [2.24, 2.45) is 11.7 Å². The Kier molecular flexibility index (Phi) is 22.4. The van der Waals surface area contributed by atoms with E-state index >= 15 is 0 Å². The lowest BCUT2D eigenvalue weighted by Gasteiger charge is -2.34. The number of fused-ring (bicyclic) bond motifs is 2. The molecule has 3 aromatic carbocycles. The van der Waals surface area contributed by atoms with Gasteiger partial charge >= 0.3 is 10.4 Å². The Morgan fingerprint density at radius 2 is 1.43 bits per heavy atom. The van der Waals surface area contributed by atoms with E-state index in [1.54, 1.807) is 30.3 Å². The highest BCUT2D eigenvalue weighted by molar-refractivity contribution is 7.81. The van der Waals surface area contributed by atoms with E-state index < -0.39 is 198 Å². The molecule has 3 saturated heterocycles. The summed E-state index contributed by atoms with van der Waals surface area (Å²) in [6.45, 7) is 3.74. The number of primary amides is 1. The summed E-state index contributed by atoms with van der Waals surface area (Å²) in [5, 5.41) is 116. The molecule has 3 fully saturated rings. The lowest BCUT2D eigenvalue weighted by Crippen LogP contribution is -2.64. The van der Waals surface area contributed by atoms with Gasteiger partial charge in [0.15, 0.2) is 23.5 Å². The highest BCUT2D eigenvalue weighted by Crippen LogP contribution is 2.34. The minimum absolute atomic E-state index is 0.107. The van der Waals surface area contributed by atoms with Crippen LogP contribution in [0, 0.1) is 5.92 Å². The standard InChI is InChI=1S/C56H71N9O23S/c1-4-5-6-17-86-32-14-11-28(12-15-32)39-21-33(63-87-39)27-7-9-29(10-8-27)49(75)58-34-20-38(70)52(78)62-54(80)45-46(72)25(2)23-65(45)56(82)43(37(69)22-41(57)71)60-53(79)44(48(74)47(73)30-13-16-36(68)40(18-30)88-89(83,84)85)61-51(77)35-19-31(67)24-64(35)55(81)42(26(3)66)59-50(34)76/h7-16,18,21,25-26,31,34-35,37-38,42-48,52,66-70,72-74,78H,4-6,17,19-20,22-24H2,1-3H3,(H2,57,71)(H,58,75)(H,59,76)(H,60,79)(H,61,77)(H,62,80)(H,83,84,85)/t25?,26?,31?,34-,35+,37?,38-,42+,43+,44+,45+,46?,47?,48?,52?/m1/s1. The molecule has 8 amide bonds. The van der Waals surface area contributed by atoms with Crippen molar-refractivity contribution in [2.45, 2.75) is 145 Å². The molecule has 17 N–H and O–H groups in total. The summed E-state index contributed by atoms with van der Waals surface area (Å²) in [4.78, 5) is 115. The third-order valence-electron chi connectivity index (χ3n) is 15.2. The van der Waals surface area contributed by atoms with Gasteiger partial charge in [-0.3, -0.25) is 42.9 Å². The Morgan fingerprint density at radius 3 is 2.07 bits per heavy atom. The second-order valence-corrected chi connectivity index (χ2v) is 22.9. The van der Waals surface area contributed by atoms with Gasteiger partial charge in [-0.25, -0.2) is 0 Å². The number of carbonyl (C=O) groups is 8. The van der Waals surface area contributed by atoms with E-state index in [9.17, 15) is 97.3 Å². The number of nitrogens with zero attached hydrogens (tertiary/aromatic N) is 3. The smallest absolute Gasteiger partial charge is 0.446 e. The zero-order chi connectivity index (χ0) is 65.3. The average Bonchev–Trinajstić information content (AvgIpc) is 2.76. The summed E-state index contributed by atoms with van der Waals surface area (Å²) in [5.74, 6) is -12.9. The van der Waals surface area contributed by atoms with Crippen molar-refractivity contribution in [2.75, 3.05) is 19.7 Å². The topological polar surface area (TPSA) is 510 Å². The summed E-state index contributed by atoms with van der Waals surface area (Å²) in [6, 6.07) is 3.52. The minimum atomic E-state index is -5.35. The number of aliphatic hydroxyl groups excluding tert-OH is 8. The number of nitrogens with one attached hydrogen (secondary N) is 5. The Bertz CT molecular complexity index is 3340. The lowest BCUT2D eigenvalue weighted by atomic mass is 9.96. The summed E-state index contributed by atoms with van der Waals surface area (Å²) in [6.07, 6.45) is -17.3. The Morgan fingerprint density at radius 1 is 0.787 bits per heavy atom. The molecule has 7 rings (SSSR count). The summed E-state index contributed by atoms with van der Waals surface area (Å²) < 4.78 is 48.1. The molecule has 0 bridgehead atoms. The van der Waals surface area contributed by atoms with Crippen LogP contribution in [0.25, 0.3) is 22.6 Å². The average molecular weight is 1270 g/mol. The van der Waals surface area contributed by atoms with Crippen molar-refractivity contribution in [3.05, 3.63) is 83.9 Å². The van der Waals surface area contributed by atoms with Crippen LogP contribution in [0.4, 0.5) is 0 Å². The van der Waals surface area contributed by atoms with E-state index in [4.69, 9.17) is 15.0 Å². The predicted octanol–water partition coefficient (Wildman–Crippen LogP) is -3.90. The van der Waals surface area contributed by atoms with Gasteiger partial charge in [-0.05, 0) is 67.4 Å². The number of nitrogens with two attached hydrogens (primary N) is 1. The minimum Gasteiger partial charge on any atom is -0.504 e. The number of aromatic nitrogens is 1. The number of ether oxygens (including phenoxy) is 1. The first-order valence-corrected chi connectivity index (χ1v) is 29.5. The maximum absolute atomic E-state index is 14.7. The number of phenolic OH excluding ortho intramolecular Hbond substituents is 1. The molecule has 15 atom stereocenters. The number of hydrogen-bond donors (Lipinski definition) is 16. The normalized spacial score (nSPS) is 26.4. The number of aromatic hydroxyl groups is 1. The second-order valence-electron chi connectivity index (χ2n) is 21.9. The number of phenols is 1. The first kappa shape index (κ1) is 68.1. The van der Waals surface area contributed by atoms with Gasteiger partial charge in [-0.2, -0.15) is 8.42 Å². The van der Waals surface area contributed by atoms with Gasteiger partial charge in [0.2, 0.25) is 41.4 Å². The Hall–Kier alpha value is -8.38. The number of carbonyl (C=O) groups excluding carboxylic acids is 8. The molecule has 0 radical (unpaired) electrons. The summed E-state index contributed by atoms with van der Waals surface area (Å²) in [5.41, 5.74) is 6.17. The van der Waals surface area contributed by atoms with Crippen molar-refractivity contribution in [1.29, 1.82) is 0 Å². The molecule has 3 aliphatic heterocycles. The molecule has 1 aromatic heterocycles. The molecule has 32 nitrogen and oxygen atoms in total. The third kappa shape index (κ3) is 16.9. The lowest BCUT2D eigenvalue weighted by molar-refractivity contribution is -0.149. The molecule has 0 aliphatic carbocycles. The maximum atomic E-state index is 14.7. The SMILES string of the molecule is CCCCCOc1ccc(-c2cc(-c3ccc(C(=O)N[C@@H]4C[C@@H](O)C(O)NC(=O)[C@@H]5C(O)C(C)CN5C(=O)[C@H](C(O)CC(N)=O)NC(=O)[C@H](C(O)C(O)c5ccc(O)c(OS(=O)(=O)O)c5)NC(=O)[C@@H]5CC(O)CN5C(=O)[C@H](C(C)O)NC4=O)cc3)no2)cc1. The molecular weight excluding hydrogens is 1200 g/mol. The fraction of sp³-hybridized carbons (Fsp3) is 0.482. The number of unbranched alkanes of at least 4 members (excludes halogenated alkanes) is 2. The molecular formula is C56H71N9O23S. The molecule has 4 heterocycles. The van der Waals surface area contributed by atoms with Crippen LogP contribution in [0.1, 0.15) is 81.3 Å². The van der Waals surface area contributed by atoms with Gasteiger partial charge in [-0.1, -0.05) is 50.0 Å². The van der Waals surface area contributed by atoms with Gasteiger partial charge in [0, 0.05) is 54.6 Å². The van der Waals surface area contributed by atoms with Crippen LogP contribution in [0.5, 0.6) is 17.2 Å². The van der Waals surface area contributed by atoms with Crippen LogP contribution in [-0.2, 0) is 44.0 Å². The van der Waals surface area contributed by atoms with E-state index in [1.165, 1.54) is 31.2 Å². The monoisotopic (exact) mass is 1270 g/mol. The van der Waals surface area contributed by atoms with Crippen LogP contribution < -0.4 is 41.2 Å². The van der Waals surface area contributed by atoms with Crippen molar-refractivity contribution in [3.8, 4) is 39.8 Å². The number of benzene rings is 3. The molecule has 4 aromatic rings. The molecule has 484 valence electrons. The van der Waals surface area contributed by atoms with Crippen molar-refractivity contribution in [3.63, 3.8) is 0 Å². The van der Waals surface area contributed by atoms with Crippen LogP contribution in [-0.4, -0.2) is 220 Å². The number of rotatable bonds is 18. The largest absolute Gasteiger partial charge is 0.504 e. The van der Waals surface area contributed by atoms with Gasteiger partial charge in [-0.15, -0.1) is 0 Å². The number of aliphatic hydroxyl groups is 8. The third-order valence-corrected chi connectivity index (χ3v) is 15.6. The quantitative estimate of drug-likeness (QED) is 0.0334. The molecule has 33 heteroatoms. The molecule has 0 spiro atoms. The predicted molar refractivity (Wildman–Crippen MR) is 304 cm³/mol. The van der Waals surface area contributed by atoms with Gasteiger partial charge in [0.25, 0.3) is 5.91 Å². The first-order chi connectivity index (χ1) is 42.0. The van der Waals surface area contributed by atoms with E-state index in [2.05, 4.69) is 32.2 Å². The van der Waals surface area contributed by atoms with E-state index in [0.717, 1.165) is 32.3 Å². The molecule has 8 unspecified atom stereocenters. The van der Waals surface area contributed by atoms with E-state index in [-0.39, 0.29) is 5.56 Å². The van der Waals surface area contributed by atoms with E-state index in [1.807, 2.05) is 10.6 Å². The highest BCUT2D eigenvalue weighted by atomic mass is 32.3. The van der Waals surface area contributed by atoms with Gasteiger partial charge in [0.1, 0.15) is 66.0 Å². The van der Waals surface area contributed by atoms with Crippen molar-refractivity contribution >= 4 is 57.7 Å². The highest BCUT2D eigenvalue weighted by Gasteiger charge is 2.51.